The molecule has 0 aliphatic carbocycles. The fraction of sp³-hybridized carbons (Fsp3) is 0.143. The van der Waals surface area contributed by atoms with Gasteiger partial charge in [-0.3, -0.25) is 9.78 Å². The van der Waals surface area contributed by atoms with Crippen LogP contribution in [-0.4, -0.2) is 28.2 Å². The lowest BCUT2D eigenvalue weighted by Gasteiger charge is -2.15. The first-order valence-corrected chi connectivity index (χ1v) is 8.73. The Labute approximate surface area is 166 Å². The Hall–Kier alpha value is -3.36. The quantitative estimate of drug-likeness (QED) is 0.587. The van der Waals surface area contributed by atoms with E-state index in [-0.39, 0.29) is 24.5 Å². The van der Waals surface area contributed by atoms with Crippen LogP contribution < -0.4 is 10.1 Å². The Morgan fingerprint density at radius 3 is 2.62 bits per heavy atom. The number of hydrogen-bond acceptors (Lipinski definition) is 5. The molecule has 3 aromatic rings. The van der Waals surface area contributed by atoms with E-state index >= 15 is 0 Å². The van der Waals surface area contributed by atoms with Crippen LogP contribution in [-0.2, 0) is 13.2 Å². The number of carbonyl (C=O) groups excluding carboxylic acids is 1. The van der Waals surface area contributed by atoms with Crippen molar-refractivity contribution in [3.05, 3.63) is 89.2 Å². The molecule has 0 saturated carbocycles. The number of rotatable bonds is 7. The summed E-state index contributed by atoms with van der Waals surface area (Å²) in [6.07, 6.45) is 3.09. The summed E-state index contributed by atoms with van der Waals surface area (Å²) in [5, 5.41) is 13.2. The van der Waals surface area contributed by atoms with Gasteiger partial charge in [0.05, 0.1) is 17.4 Å². The van der Waals surface area contributed by atoms with Gasteiger partial charge in [0, 0.05) is 19.8 Å². The first-order valence-electron chi connectivity index (χ1n) is 8.73. The summed E-state index contributed by atoms with van der Waals surface area (Å²) in [7, 11) is 1.49. The number of nitrogens with zero attached hydrogens (tertiary/aromatic N) is 2. The van der Waals surface area contributed by atoms with Gasteiger partial charge in [0.25, 0.3) is 5.91 Å². The highest BCUT2D eigenvalue weighted by atomic mass is 19.2. The summed E-state index contributed by atoms with van der Waals surface area (Å²) in [6, 6.07) is 11.7. The lowest BCUT2D eigenvalue weighted by atomic mass is 10.1. The number of benzene rings is 2. The average Bonchev–Trinajstić information content (AvgIpc) is 2.69. The lowest BCUT2D eigenvalue weighted by Crippen LogP contribution is -2.16. The van der Waals surface area contributed by atoms with Crippen molar-refractivity contribution in [2.24, 2.45) is 0 Å². The molecule has 0 fully saturated rings. The van der Waals surface area contributed by atoms with Crippen LogP contribution in [0.25, 0.3) is 0 Å². The molecule has 0 radical (unpaired) electrons. The number of hydroxylamine groups is 2. The highest BCUT2D eigenvalue weighted by molar-refractivity contribution is 6.06. The van der Waals surface area contributed by atoms with Gasteiger partial charge in [0.1, 0.15) is 12.4 Å². The van der Waals surface area contributed by atoms with Crippen molar-refractivity contribution >= 4 is 11.6 Å². The normalized spacial score (nSPS) is 10.8. The summed E-state index contributed by atoms with van der Waals surface area (Å²) < 4.78 is 32.2. The van der Waals surface area contributed by atoms with Crippen molar-refractivity contribution in [2.75, 3.05) is 12.4 Å². The van der Waals surface area contributed by atoms with Crippen molar-refractivity contribution in [1.82, 2.24) is 10.0 Å². The first kappa shape index (κ1) is 20.4. The second-order valence-corrected chi connectivity index (χ2v) is 6.38. The monoisotopic (exact) mass is 399 g/mol. The standard InChI is InChI=1S/C21H19F2N3O3/c1-26(28)12-14-5-7-20(29-13-15-4-6-18(22)19(23)10-15)17(9-14)21(27)25-16-3-2-8-24-11-16/h2-11,28H,12-13H2,1H3,(H,25,27). The van der Waals surface area contributed by atoms with Crippen molar-refractivity contribution in [2.45, 2.75) is 13.2 Å². The molecule has 0 bridgehead atoms. The van der Waals surface area contributed by atoms with E-state index in [1.54, 1.807) is 36.5 Å². The number of carbonyl (C=O) groups is 1. The number of hydrogen-bond donors (Lipinski definition) is 2. The predicted octanol–water partition coefficient (Wildman–Crippen LogP) is 4.01. The van der Waals surface area contributed by atoms with Crippen molar-refractivity contribution in [3.63, 3.8) is 0 Å². The molecule has 1 heterocycles. The molecule has 29 heavy (non-hydrogen) atoms. The molecule has 0 unspecified atom stereocenters. The molecule has 0 aliphatic heterocycles. The summed E-state index contributed by atoms with van der Waals surface area (Å²) in [4.78, 5) is 16.7. The number of aromatic nitrogens is 1. The zero-order chi connectivity index (χ0) is 20.8. The second kappa shape index (κ2) is 9.22. The Balaban J connectivity index is 1.84. The molecule has 3 rings (SSSR count). The molecular weight excluding hydrogens is 380 g/mol. The predicted molar refractivity (Wildman–Crippen MR) is 103 cm³/mol. The van der Waals surface area contributed by atoms with Gasteiger partial charge in [-0.15, -0.1) is 0 Å². The fourth-order valence-corrected chi connectivity index (χ4v) is 2.67. The Morgan fingerprint density at radius 1 is 1.14 bits per heavy atom. The largest absolute Gasteiger partial charge is 0.488 e. The fourth-order valence-electron chi connectivity index (χ4n) is 2.67. The SMILES string of the molecule is CN(O)Cc1ccc(OCc2ccc(F)c(F)c2)c(C(=O)Nc2cccnc2)c1. The average molecular weight is 399 g/mol. The lowest BCUT2D eigenvalue weighted by molar-refractivity contribution is -0.0731. The summed E-state index contributed by atoms with van der Waals surface area (Å²) >= 11 is 0. The number of halogens is 2. The summed E-state index contributed by atoms with van der Waals surface area (Å²) in [6.45, 7) is 0.153. The van der Waals surface area contributed by atoms with E-state index in [1.807, 2.05) is 0 Å². The molecule has 1 aromatic heterocycles. The van der Waals surface area contributed by atoms with Crippen LogP contribution in [0.2, 0.25) is 0 Å². The Morgan fingerprint density at radius 2 is 1.93 bits per heavy atom. The van der Waals surface area contributed by atoms with Crippen molar-refractivity contribution in [3.8, 4) is 5.75 Å². The third kappa shape index (κ3) is 5.56. The van der Waals surface area contributed by atoms with Gasteiger partial charge in [0.2, 0.25) is 0 Å². The number of nitrogens with one attached hydrogen (secondary N) is 1. The minimum Gasteiger partial charge on any atom is -0.488 e. The zero-order valence-electron chi connectivity index (χ0n) is 15.6. The minimum absolute atomic E-state index is 0.0520. The van der Waals surface area contributed by atoms with Crippen LogP contribution in [0.3, 0.4) is 0 Å². The highest BCUT2D eigenvalue weighted by Crippen LogP contribution is 2.24. The highest BCUT2D eigenvalue weighted by Gasteiger charge is 2.15. The molecule has 1 amide bonds. The van der Waals surface area contributed by atoms with Gasteiger partial charge in [-0.25, -0.2) is 8.78 Å². The molecule has 2 aromatic carbocycles. The van der Waals surface area contributed by atoms with Crippen LogP contribution in [0.4, 0.5) is 14.5 Å². The van der Waals surface area contributed by atoms with E-state index in [9.17, 15) is 18.8 Å². The smallest absolute Gasteiger partial charge is 0.259 e. The van der Waals surface area contributed by atoms with E-state index in [2.05, 4.69) is 10.3 Å². The van der Waals surface area contributed by atoms with Gasteiger partial charge >= 0.3 is 0 Å². The molecule has 0 saturated heterocycles. The van der Waals surface area contributed by atoms with Crippen molar-refractivity contribution in [1.29, 1.82) is 0 Å². The molecule has 150 valence electrons. The first-order chi connectivity index (χ1) is 13.9. The number of anilines is 1. The van der Waals surface area contributed by atoms with E-state index in [4.69, 9.17) is 4.74 Å². The van der Waals surface area contributed by atoms with Crippen LogP contribution in [0.15, 0.2) is 60.9 Å². The van der Waals surface area contributed by atoms with E-state index < -0.39 is 17.5 Å². The van der Waals surface area contributed by atoms with Gasteiger partial charge < -0.3 is 15.3 Å². The number of pyridine rings is 1. The van der Waals surface area contributed by atoms with E-state index in [0.717, 1.165) is 17.2 Å². The molecule has 0 aliphatic rings. The van der Waals surface area contributed by atoms with E-state index in [1.165, 1.54) is 19.3 Å². The van der Waals surface area contributed by atoms with Crippen LogP contribution in [0.5, 0.6) is 5.75 Å². The van der Waals surface area contributed by atoms with Gasteiger partial charge in [-0.2, -0.15) is 5.06 Å². The summed E-state index contributed by atoms with van der Waals surface area (Å²) in [5.74, 6) is -2.08. The van der Waals surface area contributed by atoms with Crippen LogP contribution in [0.1, 0.15) is 21.5 Å². The van der Waals surface area contributed by atoms with Gasteiger partial charge in [0.15, 0.2) is 11.6 Å². The molecule has 8 heteroatoms. The topological polar surface area (TPSA) is 74.7 Å². The third-order valence-corrected chi connectivity index (χ3v) is 4.00. The molecular formula is C21H19F2N3O3. The zero-order valence-corrected chi connectivity index (χ0v) is 15.6. The maximum atomic E-state index is 13.4. The summed E-state index contributed by atoms with van der Waals surface area (Å²) in [5.41, 5.74) is 1.85. The number of ether oxygens (including phenoxy) is 1. The number of amides is 1. The second-order valence-electron chi connectivity index (χ2n) is 6.38. The van der Waals surface area contributed by atoms with Crippen LogP contribution >= 0.6 is 0 Å². The van der Waals surface area contributed by atoms with Crippen LogP contribution in [0, 0.1) is 11.6 Å². The maximum absolute atomic E-state index is 13.4. The Kier molecular flexibility index (Phi) is 6.48. The van der Waals surface area contributed by atoms with E-state index in [0.29, 0.717) is 16.8 Å². The third-order valence-electron chi connectivity index (χ3n) is 4.00. The maximum Gasteiger partial charge on any atom is 0.259 e. The Bertz CT molecular complexity index is 998. The van der Waals surface area contributed by atoms with Gasteiger partial charge in [-0.05, 0) is 47.5 Å². The molecule has 0 atom stereocenters. The van der Waals surface area contributed by atoms with Crippen molar-refractivity contribution < 1.29 is 23.5 Å². The molecule has 6 nitrogen and oxygen atoms in total. The molecule has 2 N–H and O–H groups in total. The minimum atomic E-state index is -0.970. The molecule has 0 spiro atoms. The van der Waals surface area contributed by atoms with Gasteiger partial charge in [-0.1, -0.05) is 12.1 Å².